The predicted molar refractivity (Wildman–Crippen MR) is 154 cm³/mol. The van der Waals surface area contributed by atoms with E-state index in [1.807, 2.05) is 34.9 Å². The fourth-order valence-electron chi connectivity index (χ4n) is 5.37. The lowest BCUT2D eigenvalue weighted by Gasteiger charge is -2.35. The van der Waals surface area contributed by atoms with Gasteiger partial charge in [0.15, 0.2) is 16.3 Å². The van der Waals surface area contributed by atoms with E-state index in [4.69, 9.17) is 10.7 Å². The Morgan fingerprint density at radius 1 is 1.03 bits per heavy atom. The predicted octanol–water partition coefficient (Wildman–Crippen LogP) is 4.50. The van der Waals surface area contributed by atoms with Crippen LogP contribution in [-0.2, 0) is 20.1 Å². The van der Waals surface area contributed by atoms with E-state index in [-0.39, 0.29) is 17.1 Å². The maximum atomic E-state index is 14.0. The minimum absolute atomic E-state index is 0.00581. The van der Waals surface area contributed by atoms with Crippen LogP contribution in [0.25, 0.3) is 21.4 Å². The van der Waals surface area contributed by atoms with Crippen LogP contribution < -0.4 is 17.0 Å². The third-order valence-corrected chi connectivity index (χ3v) is 10.0. The van der Waals surface area contributed by atoms with Gasteiger partial charge in [-0.25, -0.2) is 19.2 Å². The normalized spacial score (nSPS) is 15.4. The van der Waals surface area contributed by atoms with Crippen LogP contribution in [0.2, 0.25) is 0 Å². The Morgan fingerprint density at radius 3 is 2.54 bits per heavy atom. The zero-order valence-corrected chi connectivity index (χ0v) is 23.2. The summed E-state index contributed by atoms with van der Waals surface area (Å²) in [5.41, 5.74) is 7.69. The first-order valence-corrected chi connectivity index (χ1v) is 14.7. The van der Waals surface area contributed by atoms with E-state index in [9.17, 15) is 14.0 Å². The largest absolute Gasteiger partial charge is 0.332 e. The molecule has 3 heterocycles. The molecule has 1 fully saturated rings. The molecule has 1 aliphatic rings. The molecule has 39 heavy (non-hydrogen) atoms. The highest BCUT2D eigenvalue weighted by Crippen LogP contribution is 2.43. The van der Waals surface area contributed by atoms with Gasteiger partial charge in [-0.05, 0) is 30.5 Å². The van der Waals surface area contributed by atoms with E-state index in [2.05, 4.69) is 4.98 Å². The second-order valence-electron chi connectivity index (χ2n) is 10.1. The molecule has 0 atom stereocenters. The van der Waals surface area contributed by atoms with E-state index in [1.54, 1.807) is 24.9 Å². The Kier molecular flexibility index (Phi) is 6.90. The number of nitrogens with zero attached hydrogens (tertiary/aromatic N) is 5. The maximum absolute atomic E-state index is 14.0. The van der Waals surface area contributed by atoms with E-state index in [1.165, 1.54) is 39.0 Å². The van der Waals surface area contributed by atoms with Crippen molar-refractivity contribution in [3.05, 3.63) is 85.8 Å². The summed E-state index contributed by atoms with van der Waals surface area (Å²) >= 11 is 2.98. The summed E-state index contributed by atoms with van der Waals surface area (Å²) < 4.78 is 18.9. The monoisotopic (exact) mass is 564 g/mol. The Morgan fingerprint density at radius 2 is 1.79 bits per heavy atom. The van der Waals surface area contributed by atoms with E-state index in [0.717, 1.165) is 35.9 Å². The zero-order valence-electron chi connectivity index (χ0n) is 21.6. The summed E-state index contributed by atoms with van der Waals surface area (Å²) in [7, 11) is 1.64. The molecular formula is C28H29FN6O2S2. The average molecular weight is 565 g/mol. The van der Waals surface area contributed by atoms with Crippen LogP contribution in [0.3, 0.4) is 0 Å². The van der Waals surface area contributed by atoms with Crippen molar-refractivity contribution in [1.29, 1.82) is 0 Å². The second kappa shape index (κ2) is 10.4. The summed E-state index contributed by atoms with van der Waals surface area (Å²) in [6, 6.07) is 14.3. The summed E-state index contributed by atoms with van der Waals surface area (Å²) in [4.78, 5) is 36.8. The summed E-state index contributed by atoms with van der Waals surface area (Å²) in [6.07, 6.45) is 5.40. The molecule has 11 heteroatoms. The molecule has 2 N–H and O–H groups in total. The molecule has 202 valence electrons. The Hall–Kier alpha value is -3.28. The molecule has 1 aliphatic carbocycles. The molecule has 0 spiro atoms. The molecule has 5 aromatic rings. The van der Waals surface area contributed by atoms with E-state index >= 15 is 0 Å². The van der Waals surface area contributed by atoms with Gasteiger partial charge >= 0.3 is 5.69 Å². The number of aryl methyl sites for hydroxylation is 1. The second-order valence-corrected chi connectivity index (χ2v) is 12.7. The molecule has 2 aromatic carbocycles. The van der Waals surface area contributed by atoms with Crippen molar-refractivity contribution in [3.63, 3.8) is 0 Å². The number of hydrogen-bond donors (Lipinski definition) is 1. The minimum Gasteiger partial charge on any atom is -0.329 e. The smallest absolute Gasteiger partial charge is 0.329 e. The number of rotatable bonds is 7. The molecule has 0 aliphatic heterocycles. The minimum atomic E-state index is -0.468. The Bertz CT molecular complexity index is 1780. The first-order valence-electron chi connectivity index (χ1n) is 13.1. The fourth-order valence-corrected chi connectivity index (χ4v) is 7.67. The van der Waals surface area contributed by atoms with Crippen LogP contribution in [0.4, 0.5) is 4.39 Å². The highest BCUT2D eigenvalue weighted by atomic mass is 32.2. The van der Waals surface area contributed by atoms with Crippen molar-refractivity contribution >= 4 is 44.5 Å². The van der Waals surface area contributed by atoms with Gasteiger partial charge in [-0.2, -0.15) is 0 Å². The number of imidazole rings is 1. The van der Waals surface area contributed by atoms with Crippen molar-refractivity contribution in [2.45, 2.75) is 55.1 Å². The number of fused-ring (bicyclic) bond motifs is 2. The standard InChI is InChI=1S/C28H29FN6O2S2/c1-33-24-23(25(36)35(27(33)37)16-22-31-20-14-19(29)10-11-21(20)38-22)34(15-18-8-4-2-5-9-18)26(32-24)39-28(17-30)12-6-3-7-13-28/h2,4-5,8-11,14H,3,6-7,12-13,15-17,30H2,1H3. The van der Waals surface area contributed by atoms with E-state index in [0.29, 0.717) is 39.9 Å². The van der Waals surface area contributed by atoms with Crippen LogP contribution in [0.1, 0.15) is 42.7 Å². The zero-order chi connectivity index (χ0) is 27.1. The van der Waals surface area contributed by atoms with Crippen molar-refractivity contribution in [2.24, 2.45) is 12.8 Å². The third-order valence-electron chi connectivity index (χ3n) is 7.51. The quantitative estimate of drug-likeness (QED) is 0.313. The highest BCUT2D eigenvalue weighted by Gasteiger charge is 2.34. The molecule has 8 nitrogen and oxygen atoms in total. The van der Waals surface area contributed by atoms with E-state index < -0.39 is 11.2 Å². The third kappa shape index (κ3) is 4.83. The summed E-state index contributed by atoms with van der Waals surface area (Å²) in [5.74, 6) is -0.378. The molecule has 1 saturated carbocycles. The van der Waals surface area contributed by atoms with Gasteiger partial charge in [0.1, 0.15) is 10.8 Å². The van der Waals surface area contributed by atoms with Crippen LogP contribution in [0.15, 0.2) is 63.3 Å². The van der Waals surface area contributed by atoms with Gasteiger partial charge in [-0.1, -0.05) is 61.4 Å². The van der Waals surface area contributed by atoms with Gasteiger partial charge in [0.25, 0.3) is 5.56 Å². The number of thiazole rings is 1. The van der Waals surface area contributed by atoms with Crippen molar-refractivity contribution in [1.82, 2.24) is 23.7 Å². The van der Waals surface area contributed by atoms with Crippen LogP contribution in [0.5, 0.6) is 0 Å². The van der Waals surface area contributed by atoms with Gasteiger partial charge < -0.3 is 10.3 Å². The first kappa shape index (κ1) is 26.0. The molecule has 0 amide bonds. The maximum Gasteiger partial charge on any atom is 0.332 e. The molecule has 0 radical (unpaired) electrons. The molecule has 0 unspecified atom stereocenters. The lowest BCUT2D eigenvalue weighted by Crippen LogP contribution is -2.40. The van der Waals surface area contributed by atoms with Crippen molar-refractivity contribution in [3.8, 4) is 0 Å². The molecule has 0 saturated heterocycles. The summed E-state index contributed by atoms with van der Waals surface area (Å²) in [5, 5.41) is 1.25. The Balaban J connectivity index is 1.51. The molecule has 6 rings (SSSR count). The Labute approximate surface area is 232 Å². The van der Waals surface area contributed by atoms with Crippen LogP contribution >= 0.6 is 23.1 Å². The van der Waals surface area contributed by atoms with Crippen LogP contribution in [-0.4, -0.2) is 35.0 Å². The lowest BCUT2D eigenvalue weighted by molar-refractivity contribution is 0.402. The number of benzene rings is 2. The number of thioether (sulfide) groups is 1. The van der Waals surface area contributed by atoms with Gasteiger partial charge in [0.2, 0.25) is 0 Å². The number of halogens is 1. The SMILES string of the molecule is Cn1c(=O)n(Cc2nc3cc(F)ccc3s2)c(=O)c2c1nc(SC1(CN)CCCCC1)n2Cc1ccccc1. The topological polar surface area (TPSA) is 101 Å². The molecular weight excluding hydrogens is 535 g/mol. The van der Waals surface area contributed by atoms with Gasteiger partial charge in [0, 0.05) is 24.4 Å². The number of aromatic nitrogens is 5. The first-order chi connectivity index (χ1) is 18.9. The average Bonchev–Trinajstić information content (AvgIpc) is 3.51. The number of hydrogen-bond acceptors (Lipinski definition) is 7. The number of nitrogens with two attached hydrogens (primary N) is 1. The fraction of sp³-hybridized carbons (Fsp3) is 0.357. The summed E-state index contributed by atoms with van der Waals surface area (Å²) in [6.45, 7) is 0.954. The van der Waals surface area contributed by atoms with Gasteiger partial charge in [-0.15, -0.1) is 11.3 Å². The van der Waals surface area contributed by atoms with Crippen molar-refractivity contribution < 1.29 is 4.39 Å². The van der Waals surface area contributed by atoms with Crippen LogP contribution in [0, 0.1) is 5.82 Å². The lowest BCUT2D eigenvalue weighted by atomic mass is 9.88. The van der Waals surface area contributed by atoms with Crippen molar-refractivity contribution in [2.75, 3.05) is 6.54 Å². The van der Waals surface area contributed by atoms with Gasteiger partial charge in [-0.3, -0.25) is 13.9 Å². The molecule has 0 bridgehead atoms. The molecule has 3 aromatic heterocycles. The highest BCUT2D eigenvalue weighted by molar-refractivity contribution is 8.00. The van der Waals surface area contributed by atoms with Gasteiger partial charge in [0.05, 0.1) is 23.3 Å².